The molecule has 0 radical (unpaired) electrons. The Kier molecular flexibility index (Phi) is 11.5. The molecule has 3 aliphatic rings. The largest absolute Gasteiger partial charge is 0.507 e. The zero-order valence-corrected chi connectivity index (χ0v) is 31.9. The number of aliphatic hydroxyl groups excluding tert-OH is 4. The molecule has 5 atom stereocenters. The summed E-state index contributed by atoms with van der Waals surface area (Å²) < 4.78 is 17.4. The zero-order valence-electron chi connectivity index (χ0n) is 31.9. The summed E-state index contributed by atoms with van der Waals surface area (Å²) in [6.45, 7) is 1.86. The number of carbonyl (C=O) groups is 4. The van der Waals surface area contributed by atoms with Crippen LogP contribution in [-0.4, -0.2) is 85.2 Å². The number of ether oxygens (including phenoxy) is 3. The maximum Gasteiger partial charge on any atom is 0.308 e. The van der Waals surface area contributed by atoms with Crippen molar-refractivity contribution in [2.75, 3.05) is 0 Å². The number of aliphatic hydroxyl groups is 5. The standard InChI is InChI=1S/C45H44O13/c1-23-38(49)42(53)43(54)44(56-23)58-34-20-30-37(39(50)29(34)18-26-12-9-13-32(31(26)22-47)45(55)16-7-4-8-17-45)41(52)35-27(21-46)19-33(57-24(2)48)28(36(35)40(30)51)15-14-25-10-5-3-6-11-25/h3,5-6,9-15,19-20,22-23,38,42-44,46,49-50,53-55H,4,7-8,16-18,21H2,1-2H3/b15-14+/t23-,38+,42+,43+,44+/m0/s1. The summed E-state index contributed by atoms with van der Waals surface area (Å²) in [5.41, 5.74) is -0.983. The van der Waals surface area contributed by atoms with E-state index < -0.39 is 71.8 Å². The minimum atomic E-state index is -1.81. The summed E-state index contributed by atoms with van der Waals surface area (Å²) in [5.74, 6) is -3.46. The summed E-state index contributed by atoms with van der Waals surface area (Å²) >= 11 is 0. The van der Waals surface area contributed by atoms with E-state index in [-0.39, 0.29) is 56.9 Å². The fourth-order valence-corrected chi connectivity index (χ4v) is 8.27. The number of aromatic hydroxyl groups is 1. The number of phenolic OH excluding ortho intramolecular Hbond substituents is 1. The van der Waals surface area contributed by atoms with Gasteiger partial charge in [0.25, 0.3) is 0 Å². The van der Waals surface area contributed by atoms with E-state index in [2.05, 4.69) is 0 Å². The van der Waals surface area contributed by atoms with Gasteiger partial charge in [0.2, 0.25) is 6.29 Å². The summed E-state index contributed by atoms with van der Waals surface area (Å²) in [5, 5.41) is 66.3. The molecule has 0 spiro atoms. The molecule has 0 amide bonds. The molecule has 0 bridgehead atoms. The molecule has 1 heterocycles. The topological polar surface area (TPSA) is 217 Å². The number of hydrogen-bond donors (Lipinski definition) is 6. The average molecular weight is 793 g/mol. The summed E-state index contributed by atoms with van der Waals surface area (Å²) in [7, 11) is 0. The maximum atomic E-state index is 14.8. The molecule has 1 saturated heterocycles. The van der Waals surface area contributed by atoms with Crippen molar-refractivity contribution in [2.24, 2.45) is 0 Å². The molecule has 2 fully saturated rings. The van der Waals surface area contributed by atoms with Crippen molar-refractivity contribution in [3.63, 3.8) is 0 Å². The van der Waals surface area contributed by atoms with Crippen molar-refractivity contribution in [1.82, 2.24) is 0 Å². The lowest BCUT2D eigenvalue weighted by molar-refractivity contribution is -0.268. The highest BCUT2D eigenvalue weighted by molar-refractivity contribution is 6.31. The first kappa shape index (κ1) is 40.6. The van der Waals surface area contributed by atoms with Gasteiger partial charge in [-0.2, -0.15) is 0 Å². The number of rotatable bonds is 10. The lowest BCUT2D eigenvalue weighted by Crippen LogP contribution is -2.58. The number of hydrogen-bond acceptors (Lipinski definition) is 13. The molecule has 7 rings (SSSR count). The Balaban J connectivity index is 1.43. The van der Waals surface area contributed by atoms with E-state index in [0.29, 0.717) is 35.8 Å². The van der Waals surface area contributed by atoms with Crippen LogP contribution >= 0.6 is 0 Å². The monoisotopic (exact) mass is 792 g/mol. The molecule has 1 saturated carbocycles. The molecule has 13 nitrogen and oxygen atoms in total. The number of ketones is 2. The van der Waals surface area contributed by atoms with Gasteiger partial charge in [0, 0.05) is 46.7 Å². The van der Waals surface area contributed by atoms with Crippen molar-refractivity contribution < 1.29 is 64.0 Å². The van der Waals surface area contributed by atoms with Crippen LogP contribution in [0.15, 0.2) is 60.7 Å². The van der Waals surface area contributed by atoms with Crippen LogP contribution in [0.4, 0.5) is 0 Å². The van der Waals surface area contributed by atoms with Crippen molar-refractivity contribution in [2.45, 2.75) is 95.3 Å². The highest BCUT2D eigenvalue weighted by Gasteiger charge is 2.45. The Morgan fingerprint density at radius 3 is 2.24 bits per heavy atom. The van der Waals surface area contributed by atoms with E-state index in [1.165, 1.54) is 25.1 Å². The highest BCUT2D eigenvalue weighted by atomic mass is 16.7. The van der Waals surface area contributed by atoms with Gasteiger partial charge in [0.05, 0.1) is 23.9 Å². The van der Waals surface area contributed by atoms with E-state index in [4.69, 9.17) is 14.2 Å². The fourth-order valence-electron chi connectivity index (χ4n) is 8.27. The van der Waals surface area contributed by atoms with E-state index in [1.54, 1.807) is 48.5 Å². The molecule has 2 aliphatic carbocycles. The van der Waals surface area contributed by atoms with Crippen LogP contribution in [0.5, 0.6) is 17.2 Å². The second-order valence-corrected chi connectivity index (χ2v) is 15.0. The van der Waals surface area contributed by atoms with E-state index in [0.717, 1.165) is 26.2 Å². The Bertz CT molecular complexity index is 2310. The van der Waals surface area contributed by atoms with Crippen molar-refractivity contribution in [3.05, 3.63) is 122 Å². The van der Waals surface area contributed by atoms with E-state index >= 15 is 0 Å². The molecule has 6 N–H and O–H groups in total. The molecule has 58 heavy (non-hydrogen) atoms. The van der Waals surface area contributed by atoms with Crippen LogP contribution in [0.3, 0.4) is 0 Å². The Hall–Kier alpha value is -5.54. The lowest BCUT2D eigenvalue weighted by Gasteiger charge is -2.39. The number of carbonyl (C=O) groups excluding carboxylic acids is 4. The Morgan fingerprint density at radius 2 is 1.57 bits per heavy atom. The van der Waals surface area contributed by atoms with Crippen LogP contribution in [-0.2, 0) is 28.2 Å². The van der Waals surface area contributed by atoms with Crippen molar-refractivity contribution >= 4 is 36.0 Å². The van der Waals surface area contributed by atoms with Crippen LogP contribution in [0.1, 0.15) is 122 Å². The Morgan fingerprint density at radius 1 is 0.845 bits per heavy atom. The molecular formula is C45H44O13. The molecule has 0 unspecified atom stereocenters. The molecule has 4 aromatic carbocycles. The molecule has 1 aliphatic heterocycles. The van der Waals surface area contributed by atoms with Gasteiger partial charge >= 0.3 is 5.97 Å². The number of benzene rings is 4. The molecule has 302 valence electrons. The van der Waals surface area contributed by atoms with Gasteiger partial charge in [0.1, 0.15) is 35.6 Å². The second-order valence-electron chi connectivity index (χ2n) is 15.0. The van der Waals surface area contributed by atoms with Crippen molar-refractivity contribution in [3.8, 4) is 17.2 Å². The number of esters is 1. The van der Waals surface area contributed by atoms with Crippen LogP contribution in [0.25, 0.3) is 12.2 Å². The summed E-state index contributed by atoms with van der Waals surface area (Å²) in [4.78, 5) is 54.6. The number of aldehydes is 1. The molecule has 4 aromatic rings. The normalized spacial score (nSPS) is 22.6. The quantitative estimate of drug-likeness (QED) is 0.0497. The highest BCUT2D eigenvalue weighted by Crippen LogP contribution is 2.46. The maximum absolute atomic E-state index is 14.8. The predicted molar refractivity (Wildman–Crippen MR) is 209 cm³/mol. The van der Waals surface area contributed by atoms with Gasteiger partial charge in [-0.3, -0.25) is 19.2 Å². The summed E-state index contributed by atoms with van der Waals surface area (Å²) in [6.07, 6.45) is -0.863. The third kappa shape index (κ3) is 7.37. The molecule has 13 heteroatoms. The van der Waals surface area contributed by atoms with Gasteiger partial charge in [0.15, 0.2) is 17.9 Å². The van der Waals surface area contributed by atoms with Crippen LogP contribution in [0, 0.1) is 0 Å². The van der Waals surface area contributed by atoms with Gasteiger partial charge in [-0.05, 0) is 60.2 Å². The van der Waals surface area contributed by atoms with Gasteiger partial charge in [-0.25, -0.2) is 0 Å². The first-order valence-electron chi connectivity index (χ1n) is 19.1. The minimum Gasteiger partial charge on any atom is -0.507 e. The minimum absolute atomic E-state index is 0.0475. The van der Waals surface area contributed by atoms with E-state index in [1.807, 2.05) is 6.07 Å². The third-order valence-electron chi connectivity index (χ3n) is 11.3. The average Bonchev–Trinajstić information content (AvgIpc) is 3.21. The smallest absolute Gasteiger partial charge is 0.308 e. The predicted octanol–water partition coefficient (Wildman–Crippen LogP) is 4.52. The molecular weight excluding hydrogens is 748 g/mol. The lowest BCUT2D eigenvalue weighted by atomic mass is 9.76. The van der Waals surface area contributed by atoms with Crippen molar-refractivity contribution in [1.29, 1.82) is 0 Å². The first-order valence-corrected chi connectivity index (χ1v) is 19.1. The fraction of sp³-hybridized carbons (Fsp3) is 0.333. The molecule has 0 aromatic heterocycles. The Labute approximate surface area is 333 Å². The van der Waals surface area contributed by atoms with Crippen LogP contribution < -0.4 is 9.47 Å². The number of phenols is 1. The number of fused-ring (bicyclic) bond motifs is 2. The third-order valence-corrected chi connectivity index (χ3v) is 11.3. The van der Waals surface area contributed by atoms with E-state index in [9.17, 15) is 49.8 Å². The zero-order chi connectivity index (χ0) is 41.5. The van der Waals surface area contributed by atoms with Crippen LogP contribution in [0.2, 0.25) is 0 Å². The second kappa shape index (κ2) is 16.4. The SMILES string of the molecule is CC(=O)Oc1cc(CO)c2c(c1/C=C/c1ccccc1)C(=O)c1cc(O[C@H]3O[C@@H](C)[C@@H](O)[C@@H](O)[C@H]3O)c(Cc3cccc(C4(O)CCCCC4)c3C=O)c(O)c1C2=O. The summed E-state index contributed by atoms with van der Waals surface area (Å²) in [6, 6.07) is 16.4. The van der Waals surface area contributed by atoms with Gasteiger partial charge < -0.3 is 44.8 Å². The van der Waals surface area contributed by atoms with Gasteiger partial charge in [-0.15, -0.1) is 0 Å². The first-order chi connectivity index (χ1) is 27.8. The van der Waals surface area contributed by atoms with Gasteiger partial charge in [-0.1, -0.05) is 73.9 Å².